The molecule has 3 aromatic rings. The fourth-order valence-corrected chi connectivity index (χ4v) is 2.88. The quantitative estimate of drug-likeness (QED) is 0.743. The minimum Gasteiger partial charge on any atom is -0.292 e. The van der Waals surface area contributed by atoms with Crippen molar-refractivity contribution < 1.29 is 0 Å². The van der Waals surface area contributed by atoms with Crippen LogP contribution in [-0.4, -0.2) is 14.5 Å². The Balaban J connectivity index is 2.01. The second-order valence-corrected chi connectivity index (χ2v) is 6.14. The lowest BCUT2D eigenvalue weighted by molar-refractivity contribution is 0.614. The van der Waals surface area contributed by atoms with Gasteiger partial charge in [-0.15, -0.1) is 0 Å². The molecule has 0 saturated heterocycles. The molecule has 0 atom stereocenters. The molecule has 1 aliphatic rings. The van der Waals surface area contributed by atoms with E-state index in [1.807, 2.05) is 30.3 Å². The first-order valence-electron chi connectivity index (χ1n) is 7.33. The van der Waals surface area contributed by atoms with Crippen molar-refractivity contribution in [2.45, 2.75) is 19.4 Å². The number of hydrogen-bond donors (Lipinski definition) is 0. The van der Waals surface area contributed by atoms with Crippen molar-refractivity contribution in [2.24, 2.45) is 5.92 Å². The molecule has 4 rings (SSSR count). The van der Waals surface area contributed by atoms with E-state index in [1.165, 1.54) is 12.8 Å². The lowest BCUT2D eigenvalue weighted by Crippen LogP contribution is -2.25. The van der Waals surface area contributed by atoms with Crippen LogP contribution in [-0.2, 0) is 6.54 Å². The Bertz CT molecular complexity index is 901. The van der Waals surface area contributed by atoms with Crippen LogP contribution in [0, 0.1) is 5.92 Å². The van der Waals surface area contributed by atoms with Crippen molar-refractivity contribution >= 4 is 22.5 Å². The molecule has 0 spiro atoms. The molecule has 0 unspecified atom stereocenters. The highest BCUT2D eigenvalue weighted by molar-refractivity contribution is 6.31. The number of rotatable bonds is 3. The van der Waals surface area contributed by atoms with Gasteiger partial charge in [-0.2, -0.15) is 4.98 Å². The molecule has 0 N–H and O–H groups in total. The standard InChI is InChI=1S/C17H14ClN3O/c18-13-5-6-15-14(8-13)16(12-2-1-7-19-9-12)20-17(22)21(15)10-11-3-4-11/h1-2,5-9,11H,3-4,10H2. The van der Waals surface area contributed by atoms with Crippen molar-refractivity contribution in [3.05, 3.63) is 58.2 Å². The second-order valence-electron chi connectivity index (χ2n) is 5.70. The molecule has 2 aromatic heterocycles. The fraction of sp³-hybridized carbons (Fsp3) is 0.235. The molecule has 0 amide bonds. The molecule has 0 aliphatic heterocycles. The SMILES string of the molecule is O=c1nc(-c2cccnc2)c2cc(Cl)ccc2n1CC1CC1. The predicted octanol–water partition coefficient (Wildman–Crippen LogP) is 3.52. The van der Waals surface area contributed by atoms with Crippen LogP contribution in [0.3, 0.4) is 0 Å². The van der Waals surface area contributed by atoms with E-state index < -0.39 is 0 Å². The monoisotopic (exact) mass is 311 g/mol. The number of benzene rings is 1. The van der Waals surface area contributed by atoms with Crippen LogP contribution in [0.1, 0.15) is 12.8 Å². The average molecular weight is 312 g/mol. The summed E-state index contributed by atoms with van der Waals surface area (Å²) in [5, 5.41) is 1.52. The molecule has 5 heteroatoms. The van der Waals surface area contributed by atoms with E-state index >= 15 is 0 Å². The summed E-state index contributed by atoms with van der Waals surface area (Å²) in [6, 6.07) is 9.33. The predicted molar refractivity (Wildman–Crippen MR) is 87.0 cm³/mol. The van der Waals surface area contributed by atoms with Gasteiger partial charge in [-0.3, -0.25) is 9.55 Å². The number of hydrogen-bond acceptors (Lipinski definition) is 3. The molecule has 1 aromatic carbocycles. The van der Waals surface area contributed by atoms with Gasteiger partial charge in [0.1, 0.15) is 0 Å². The molecule has 0 bridgehead atoms. The molecular weight excluding hydrogens is 298 g/mol. The number of nitrogens with zero attached hydrogens (tertiary/aromatic N) is 3. The summed E-state index contributed by atoms with van der Waals surface area (Å²) in [6.45, 7) is 0.733. The lowest BCUT2D eigenvalue weighted by Gasteiger charge is -2.12. The van der Waals surface area contributed by atoms with E-state index in [9.17, 15) is 4.79 Å². The summed E-state index contributed by atoms with van der Waals surface area (Å²) < 4.78 is 1.77. The third-order valence-electron chi connectivity index (χ3n) is 4.02. The molecule has 110 valence electrons. The Morgan fingerprint density at radius 3 is 2.86 bits per heavy atom. The Hall–Kier alpha value is -2.20. The van der Waals surface area contributed by atoms with Gasteiger partial charge in [0, 0.05) is 34.9 Å². The average Bonchev–Trinajstić information content (AvgIpc) is 3.35. The van der Waals surface area contributed by atoms with Gasteiger partial charge >= 0.3 is 5.69 Å². The maximum Gasteiger partial charge on any atom is 0.348 e. The highest BCUT2D eigenvalue weighted by Crippen LogP contribution is 2.32. The van der Waals surface area contributed by atoms with Crippen molar-refractivity contribution in [1.29, 1.82) is 0 Å². The summed E-state index contributed by atoms with van der Waals surface area (Å²) in [4.78, 5) is 20.9. The highest BCUT2D eigenvalue weighted by Gasteiger charge is 2.24. The highest BCUT2D eigenvalue weighted by atomic mass is 35.5. The molecule has 4 nitrogen and oxygen atoms in total. The van der Waals surface area contributed by atoms with Gasteiger partial charge < -0.3 is 0 Å². The molecular formula is C17H14ClN3O. The Kier molecular flexibility index (Phi) is 3.19. The Labute approximate surface area is 132 Å². The van der Waals surface area contributed by atoms with E-state index in [2.05, 4.69) is 9.97 Å². The summed E-state index contributed by atoms with van der Waals surface area (Å²) >= 11 is 6.16. The maximum atomic E-state index is 12.5. The lowest BCUT2D eigenvalue weighted by atomic mass is 10.1. The summed E-state index contributed by atoms with van der Waals surface area (Å²) in [5.74, 6) is 0.600. The van der Waals surface area contributed by atoms with Crippen molar-refractivity contribution in [2.75, 3.05) is 0 Å². The zero-order valence-corrected chi connectivity index (χ0v) is 12.6. The van der Waals surface area contributed by atoms with Crippen LogP contribution in [0.5, 0.6) is 0 Å². The molecule has 2 heterocycles. The summed E-state index contributed by atoms with van der Waals surface area (Å²) in [6.07, 6.45) is 5.79. The van der Waals surface area contributed by atoms with Gasteiger partial charge in [-0.05, 0) is 49.1 Å². The second kappa shape index (κ2) is 5.21. The number of pyridine rings is 1. The van der Waals surface area contributed by atoms with Crippen LogP contribution in [0.25, 0.3) is 22.2 Å². The van der Waals surface area contributed by atoms with Gasteiger partial charge in [-0.1, -0.05) is 11.6 Å². The molecule has 1 aliphatic carbocycles. The van der Waals surface area contributed by atoms with E-state index in [0.29, 0.717) is 16.6 Å². The van der Waals surface area contributed by atoms with E-state index in [-0.39, 0.29) is 5.69 Å². The van der Waals surface area contributed by atoms with E-state index in [1.54, 1.807) is 17.0 Å². The maximum absolute atomic E-state index is 12.5. The van der Waals surface area contributed by atoms with Crippen LogP contribution < -0.4 is 5.69 Å². The smallest absolute Gasteiger partial charge is 0.292 e. The van der Waals surface area contributed by atoms with Crippen molar-refractivity contribution in [1.82, 2.24) is 14.5 Å². The van der Waals surface area contributed by atoms with Gasteiger partial charge in [-0.25, -0.2) is 4.79 Å². The van der Waals surface area contributed by atoms with Gasteiger partial charge in [0.05, 0.1) is 11.2 Å². The van der Waals surface area contributed by atoms with E-state index in [0.717, 1.165) is 23.0 Å². The number of fused-ring (bicyclic) bond motifs is 1. The first-order chi connectivity index (χ1) is 10.7. The van der Waals surface area contributed by atoms with Crippen LogP contribution in [0.4, 0.5) is 0 Å². The first-order valence-corrected chi connectivity index (χ1v) is 7.70. The molecule has 1 saturated carbocycles. The Morgan fingerprint density at radius 2 is 2.14 bits per heavy atom. The molecule has 22 heavy (non-hydrogen) atoms. The van der Waals surface area contributed by atoms with Crippen LogP contribution in [0.15, 0.2) is 47.5 Å². The first kappa shape index (κ1) is 13.5. The molecule has 0 radical (unpaired) electrons. The van der Waals surface area contributed by atoms with Gasteiger partial charge in [0.15, 0.2) is 0 Å². The van der Waals surface area contributed by atoms with Crippen molar-refractivity contribution in [3.63, 3.8) is 0 Å². The van der Waals surface area contributed by atoms with E-state index in [4.69, 9.17) is 11.6 Å². The minimum atomic E-state index is -0.208. The number of aromatic nitrogens is 3. The normalized spacial score (nSPS) is 14.4. The number of halogens is 1. The van der Waals surface area contributed by atoms with Crippen LogP contribution >= 0.6 is 11.6 Å². The van der Waals surface area contributed by atoms with Crippen molar-refractivity contribution in [3.8, 4) is 11.3 Å². The van der Waals surface area contributed by atoms with Gasteiger partial charge in [0.2, 0.25) is 0 Å². The third kappa shape index (κ3) is 2.40. The topological polar surface area (TPSA) is 47.8 Å². The molecule has 1 fully saturated rings. The summed E-state index contributed by atoms with van der Waals surface area (Å²) in [7, 11) is 0. The third-order valence-corrected chi connectivity index (χ3v) is 4.25. The zero-order chi connectivity index (χ0) is 15.1. The van der Waals surface area contributed by atoms with Crippen LogP contribution in [0.2, 0.25) is 5.02 Å². The summed E-state index contributed by atoms with van der Waals surface area (Å²) in [5.41, 5.74) is 2.14. The zero-order valence-electron chi connectivity index (χ0n) is 11.9. The fourth-order valence-electron chi connectivity index (χ4n) is 2.71. The minimum absolute atomic E-state index is 0.208. The van der Waals surface area contributed by atoms with Gasteiger partial charge in [0.25, 0.3) is 0 Å². The Morgan fingerprint density at radius 1 is 1.27 bits per heavy atom. The largest absolute Gasteiger partial charge is 0.348 e.